The number of benzene rings is 1. The van der Waals surface area contributed by atoms with Gasteiger partial charge in [-0.1, -0.05) is 19.0 Å². The lowest BCUT2D eigenvalue weighted by Crippen LogP contribution is -1.94. The number of hydrogen-bond donors (Lipinski definition) is 1. The van der Waals surface area contributed by atoms with Crippen molar-refractivity contribution in [3.63, 3.8) is 0 Å². The topological polar surface area (TPSA) is 52.0 Å². The highest BCUT2D eigenvalue weighted by Gasteiger charge is 2.09. The van der Waals surface area contributed by atoms with Crippen LogP contribution in [0.4, 0.5) is 5.69 Å². The van der Waals surface area contributed by atoms with Crippen LogP contribution in [-0.2, 0) is 6.42 Å². The lowest BCUT2D eigenvalue weighted by Gasteiger charge is -1.99. The van der Waals surface area contributed by atoms with Gasteiger partial charge >= 0.3 is 0 Å². The molecule has 2 rings (SSSR count). The molecule has 74 valence electrons. The fourth-order valence-corrected chi connectivity index (χ4v) is 1.54. The monoisotopic (exact) mass is 190 g/mol. The van der Waals surface area contributed by atoms with Gasteiger partial charge in [0.15, 0.2) is 5.58 Å². The van der Waals surface area contributed by atoms with Gasteiger partial charge in [-0.05, 0) is 30.5 Å². The van der Waals surface area contributed by atoms with Crippen LogP contribution in [0.15, 0.2) is 22.7 Å². The molecule has 3 heteroatoms. The molecule has 0 atom stereocenters. The van der Waals surface area contributed by atoms with E-state index in [1.54, 1.807) is 0 Å². The zero-order chi connectivity index (χ0) is 10.1. The molecule has 0 unspecified atom stereocenters. The maximum absolute atomic E-state index is 5.71. The van der Waals surface area contributed by atoms with Crippen molar-refractivity contribution in [2.75, 3.05) is 5.73 Å². The van der Waals surface area contributed by atoms with Gasteiger partial charge in [0.2, 0.25) is 0 Å². The van der Waals surface area contributed by atoms with Crippen molar-refractivity contribution in [3.8, 4) is 0 Å². The molecule has 0 saturated heterocycles. The molecule has 0 aliphatic carbocycles. The lowest BCUT2D eigenvalue weighted by atomic mass is 10.1. The first-order chi connectivity index (χ1) is 6.66. The Labute approximate surface area is 82.9 Å². The zero-order valence-electron chi connectivity index (χ0n) is 8.45. The van der Waals surface area contributed by atoms with Crippen LogP contribution in [0.1, 0.15) is 19.5 Å². The van der Waals surface area contributed by atoms with E-state index in [0.29, 0.717) is 5.92 Å². The third-order valence-corrected chi connectivity index (χ3v) is 2.17. The summed E-state index contributed by atoms with van der Waals surface area (Å²) in [5.41, 5.74) is 8.29. The van der Waals surface area contributed by atoms with E-state index in [-0.39, 0.29) is 0 Å². The summed E-state index contributed by atoms with van der Waals surface area (Å²) in [5.74, 6) is 0.574. The van der Waals surface area contributed by atoms with Crippen molar-refractivity contribution in [3.05, 3.63) is 23.9 Å². The summed E-state index contributed by atoms with van der Waals surface area (Å²) in [6.07, 6.45) is 0.927. The van der Waals surface area contributed by atoms with Crippen LogP contribution in [0, 0.1) is 5.92 Å². The van der Waals surface area contributed by atoms with Gasteiger partial charge in [0.05, 0.1) is 5.69 Å². The number of nitrogen functional groups attached to an aromatic ring is 1. The van der Waals surface area contributed by atoms with Gasteiger partial charge in [-0.15, -0.1) is 0 Å². The third-order valence-electron chi connectivity index (χ3n) is 2.17. The maximum Gasteiger partial charge on any atom is 0.167 e. The largest absolute Gasteiger partial charge is 0.399 e. The fraction of sp³-hybridized carbons (Fsp3) is 0.364. The molecule has 0 fully saturated rings. The predicted molar refractivity (Wildman–Crippen MR) is 57.0 cm³/mol. The molecule has 14 heavy (non-hydrogen) atoms. The van der Waals surface area contributed by atoms with Crippen molar-refractivity contribution >= 4 is 16.7 Å². The predicted octanol–water partition coefficient (Wildman–Crippen LogP) is 2.61. The molecule has 3 nitrogen and oxygen atoms in total. The van der Waals surface area contributed by atoms with Gasteiger partial charge in [-0.2, -0.15) is 0 Å². The summed E-state index contributed by atoms with van der Waals surface area (Å²) in [6.45, 7) is 4.32. The van der Waals surface area contributed by atoms with Crippen molar-refractivity contribution in [1.82, 2.24) is 5.16 Å². The molecule has 1 aromatic carbocycles. The Morgan fingerprint density at radius 1 is 1.43 bits per heavy atom. The average molecular weight is 190 g/mol. The number of nitrogens with zero attached hydrogens (tertiary/aromatic N) is 1. The summed E-state index contributed by atoms with van der Waals surface area (Å²) in [5, 5.41) is 5.09. The van der Waals surface area contributed by atoms with E-state index in [1.807, 2.05) is 18.2 Å². The SMILES string of the molecule is CC(C)Cc1noc2ccc(N)cc12. The van der Waals surface area contributed by atoms with Crippen molar-refractivity contribution in [1.29, 1.82) is 0 Å². The lowest BCUT2D eigenvalue weighted by molar-refractivity contribution is 0.439. The van der Waals surface area contributed by atoms with E-state index < -0.39 is 0 Å². The highest BCUT2D eigenvalue weighted by Crippen LogP contribution is 2.22. The van der Waals surface area contributed by atoms with Gasteiger partial charge < -0.3 is 10.3 Å². The van der Waals surface area contributed by atoms with E-state index in [9.17, 15) is 0 Å². The summed E-state index contributed by atoms with van der Waals surface area (Å²) < 4.78 is 5.20. The normalized spacial score (nSPS) is 11.4. The van der Waals surface area contributed by atoms with Crippen LogP contribution in [-0.4, -0.2) is 5.16 Å². The quantitative estimate of drug-likeness (QED) is 0.740. The van der Waals surface area contributed by atoms with Crippen LogP contribution in [0.2, 0.25) is 0 Å². The Bertz CT molecular complexity index is 445. The molecule has 0 aliphatic heterocycles. The fourth-order valence-electron chi connectivity index (χ4n) is 1.54. The van der Waals surface area contributed by atoms with Crippen molar-refractivity contribution < 1.29 is 4.52 Å². The molecule has 0 saturated carbocycles. The number of aromatic nitrogens is 1. The number of anilines is 1. The number of rotatable bonds is 2. The van der Waals surface area contributed by atoms with Gasteiger partial charge in [0.25, 0.3) is 0 Å². The molecule has 0 spiro atoms. The zero-order valence-corrected chi connectivity index (χ0v) is 8.45. The van der Waals surface area contributed by atoms with Crippen LogP contribution in [0.25, 0.3) is 11.0 Å². The van der Waals surface area contributed by atoms with Crippen LogP contribution in [0.3, 0.4) is 0 Å². The number of fused-ring (bicyclic) bond motifs is 1. The molecule has 0 aliphatic rings. The second-order valence-electron chi connectivity index (χ2n) is 3.98. The summed E-state index contributed by atoms with van der Waals surface area (Å²) in [6, 6.07) is 5.61. The van der Waals surface area contributed by atoms with E-state index in [0.717, 1.165) is 28.8 Å². The molecule has 1 heterocycles. The molecule has 0 bridgehead atoms. The Hall–Kier alpha value is -1.51. The van der Waals surface area contributed by atoms with Crippen LogP contribution in [0.5, 0.6) is 0 Å². The number of nitrogens with two attached hydrogens (primary N) is 1. The summed E-state index contributed by atoms with van der Waals surface area (Å²) in [7, 11) is 0. The number of hydrogen-bond acceptors (Lipinski definition) is 3. The minimum atomic E-state index is 0.574. The van der Waals surface area contributed by atoms with Crippen molar-refractivity contribution in [2.24, 2.45) is 5.92 Å². The first kappa shape index (κ1) is 9.06. The highest BCUT2D eigenvalue weighted by atomic mass is 16.5. The molecule has 0 radical (unpaired) electrons. The van der Waals surface area contributed by atoms with E-state index in [1.165, 1.54) is 0 Å². The van der Waals surface area contributed by atoms with Gasteiger partial charge in [-0.3, -0.25) is 0 Å². The van der Waals surface area contributed by atoms with E-state index >= 15 is 0 Å². The Kier molecular flexibility index (Phi) is 2.15. The second kappa shape index (κ2) is 3.33. The summed E-state index contributed by atoms with van der Waals surface area (Å²) >= 11 is 0. The smallest absolute Gasteiger partial charge is 0.167 e. The molecule has 1 aromatic heterocycles. The first-order valence-electron chi connectivity index (χ1n) is 4.80. The molecular formula is C11H14N2O. The van der Waals surface area contributed by atoms with Crippen LogP contribution < -0.4 is 5.73 Å². The summed E-state index contributed by atoms with van der Waals surface area (Å²) in [4.78, 5) is 0. The Morgan fingerprint density at radius 2 is 2.21 bits per heavy atom. The maximum atomic E-state index is 5.71. The highest BCUT2D eigenvalue weighted by molar-refractivity contribution is 5.82. The molecular weight excluding hydrogens is 176 g/mol. The first-order valence-corrected chi connectivity index (χ1v) is 4.80. The Balaban J connectivity index is 2.50. The minimum absolute atomic E-state index is 0.574. The third kappa shape index (κ3) is 1.58. The molecule has 2 aromatic rings. The van der Waals surface area contributed by atoms with E-state index in [2.05, 4.69) is 19.0 Å². The Morgan fingerprint density at radius 3 is 2.93 bits per heavy atom. The van der Waals surface area contributed by atoms with E-state index in [4.69, 9.17) is 10.3 Å². The van der Waals surface area contributed by atoms with Gasteiger partial charge in [-0.25, -0.2) is 0 Å². The van der Waals surface area contributed by atoms with Gasteiger partial charge in [0.1, 0.15) is 0 Å². The standard InChI is InChI=1S/C11H14N2O/c1-7(2)5-10-9-6-8(12)3-4-11(9)14-13-10/h3-4,6-7H,5,12H2,1-2H3. The molecule has 0 amide bonds. The second-order valence-corrected chi connectivity index (χ2v) is 3.98. The minimum Gasteiger partial charge on any atom is -0.399 e. The molecule has 2 N–H and O–H groups in total. The van der Waals surface area contributed by atoms with Crippen molar-refractivity contribution in [2.45, 2.75) is 20.3 Å². The average Bonchev–Trinajstić information content (AvgIpc) is 2.47. The van der Waals surface area contributed by atoms with Gasteiger partial charge in [0, 0.05) is 11.1 Å². The van der Waals surface area contributed by atoms with Crippen LogP contribution >= 0.6 is 0 Å².